The summed E-state index contributed by atoms with van der Waals surface area (Å²) < 4.78 is 0. The minimum atomic E-state index is -0.351. The van der Waals surface area contributed by atoms with E-state index in [1.165, 1.54) is 30.5 Å². The van der Waals surface area contributed by atoms with Gasteiger partial charge in [0.25, 0.3) is 0 Å². The van der Waals surface area contributed by atoms with Crippen molar-refractivity contribution < 1.29 is 9.90 Å². The molecule has 5 nitrogen and oxygen atoms in total. The second kappa shape index (κ2) is 8.56. The lowest BCUT2D eigenvalue weighted by Crippen LogP contribution is -2.47. The number of nitrogens with zero attached hydrogens (tertiary/aromatic N) is 2. The quantitative estimate of drug-likeness (QED) is 0.882. The van der Waals surface area contributed by atoms with Crippen LogP contribution in [0.2, 0.25) is 0 Å². The van der Waals surface area contributed by atoms with E-state index >= 15 is 0 Å². The number of urea groups is 1. The molecule has 0 spiro atoms. The molecule has 3 rings (SSSR count). The Kier molecular flexibility index (Phi) is 6.19. The lowest BCUT2D eigenvalue weighted by molar-refractivity contribution is 0.0738. The number of amides is 2. The van der Waals surface area contributed by atoms with Crippen LogP contribution in [0.15, 0.2) is 24.3 Å². The van der Waals surface area contributed by atoms with Gasteiger partial charge in [-0.1, -0.05) is 18.2 Å². The van der Waals surface area contributed by atoms with E-state index in [4.69, 9.17) is 0 Å². The normalized spacial score (nSPS) is 22.6. The maximum Gasteiger partial charge on any atom is 0.317 e. The second-order valence-electron chi connectivity index (χ2n) is 7.42. The maximum atomic E-state index is 12.5. The molecular weight excluding hydrogens is 314 g/mol. The fourth-order valence-corrected chi connectivity index (χ4v) is 3.97. The Balaban J connectivity index is 1.59. The Morgan fingerprint density at radius 3 is 2.72 bits per heavy atom. The zero-order valence-electron chi connectivity index (χ0n) is 15.3. The molecule has 0 aliphatic carbocycles. The molecule has 2 N–H and O–H groups in total. The van der Waals surface area contributed by atoms with Crippen molar-refractivity contribution in [2.24, 2.45) is 5.92 Å². The van der Waals surface area contributed by atoms with Gasteiger partial charge in [0.15, 0.2) is 0 Å². The lowest BCUT2D eigenvalue weighted by Gasteiger charge is -2.34. The SMILES string of the molecule is CC(O)C1CCCN(C(=O)NCc2ccccc2N2CCCCC2)C1. The van der Waals surface area contributed by atoms with Gasteiger partial charge in [-0.25, -0.2) is 4.79 Å². The van der Waals surface area contributed by atoms with Crippen molar-refractivity contribution in [3.8, 4) is 0 Å². The number of carbonyl (C=O) groups excluding carboxylic acids is 1. The van der Waals surface area contributed by atoms with Crippen LogP contribution in [0.25, 0.3) is 0 Å². The molecule has 0 aromatic heterocycles. The van der Waals surface area contributed by atoms with E-state index in [0.717, 1.165) is 32.5 Å². The van der Waals surface area contributed by atoms with Gasteiger partial charge >= 0.3 is 6.03 Å². The molecule has 5 heteroatoms. The number of hydrogen-bond donors (Lipinski definition) is 2. The molecule has 25 heavy (non-hydrogen) atoms. The Hall–Kier alpha value is -1.75. The number of aliphatic hydroxyl groups excluding tert-OH is 1. The van der Waals surface area contributed by atoms with E-state index in [-0.39, 0.29) is 18.1 Å². The molecule has 2 unspecified atom stereocenters. The summed E-state index contributed by atoms with van der Waals surface area (Å²) in [5.41, 5.74) is 2.44. The highest BCUT2D eigenvalue weighted by Crippen LogP contribution is 2.24. The van der Waals surface area contributed by atoms with Gasteiger partial charge in [-0.2, -0.15) is 0 Å². The summed E-state index contributed by atoms with van der Waals surface area (Å²) in [7, 11) is 0. The molecule has 2 fully saturated rings. The second-order valence-corrected chi connectivity index (χ2v) is 7.42. The molecular formula is C20H31N3O2. The van der Waals surface area contributed by atoms with Crippen molar-refractivity contribution in [2.75, 3.05) is 31.1 Å². The van der Waals surface area contributed by atoms with E-state index in [9.17, 15) is 9.90 Å². The number of carbonyl (C=O) groups is 1. The molecule has 0 bridgehead atoms. The third kappa shape index (κ3) is 4.66. The van der Waals surface area contributed by atoms with Gasteiger partial charge in [0.1, 0.15) is 0 Å². The summed E-state index contributed by atoms with van der Waals surface area (Å²) in [6, 6.07) is 8.38. The van der Waals surface area contributed by atoms with Crippen LogP contribution in [-0.4, -0.2) is 48.3 Å². The highest BCUT2D eigenvalue weighted by molar-refractivity contribution is 5.74. The number of benzene rings is 1. The van der Waals surface area contributed by atoms with Gasteiger partial charge < -0.3 is 20.2 Å². The Morgan fingerprint density at radius 1 is 1.20 bits per heavy atom. The molecule has 2 saturated heterocycles. The van der Waals surface area contributed by atoms with Crippen LogP contribution in [0.1, 0.15) is 44.6 Å². The fraction of sp³-hybridized carbons (Fsp3) is 0.650. The number of piperidine rings is 2. The van der Waals surface area contributed by atoms with Crippen LogP contribution in [0.3, 0.4) is 0 Å². The number of aliphatic hydroxyl groups is 1. The van der Waals surface area contributed by atoms with Crippen molar-refractivity contribution in [1.82, 2.24) is 10.2 Å². The molecule has 2 aliphatic rings. The van der Waals surface area contributed by atoms with Crippen LogP contribution in [0, 0.1) is 5.92 Å². The first-order chi connectivity index (χ1) is 12.1. The molecule has 0 saturated carbocycles. The Labute approximate surface area is 151 Å². The van der Waals surface area contributed by atoms with Crippen molar-refractivity contribution in [3.05, 3.63) is 29.8 Å². The fourth-order valence-electron chi connectivity index (χ4n) is 3.97. The van der Waals surface area contributed by atoms with Gasteiger partial charge in [0.2, 0.25) is 0 Å². The van der Waals surface area contributed by atoms with E-state index in [2.05, 4.69) is 28.4 Å². The number of hydrogen-bond acceptors (Lipinski definition) is 3. The molecule has 138 valence electrons. The van der Waals surface area contributed by atoms with Crippen molar-refractivity contribution in [3.63, 3.8) is 0 Å². The molecule has 2 amide bonds. The summed E-state index contributed by atoms with van der Waals surface area (Å²) >= 11 is 0. The molecule has 2 atom stereocenters. The predicted octanol–water partition coefficient (Wildman–Crippen LogP) is 2.98. The average molecular weight is 345 g/mol. The van der Waals surface area contributed by atoms with Crippen LogP contribution in [0.5, 0.6) is 0 Å². The Bertz CT molecular complexity index is 570. The van der Waals surface area contributed by atoms with Gasteiger partial charge in [0.05, 0.1) is 6.10 Å². The monoisotopic (exact) mass is 345 g/mol. The first kappa shape index (κ1) is 18.1. The van der Waals surface area contributed by atoms with E-state index in [1.807, 2.05) is 17.9 Å². The minimum absolute atomic E-state index is 0.0150. The van der Waals surface area contributed by atoms with Gasteiger partial charge in [0, 0.05) is 44.3 Å². The number of para-hydroxylation sites is 1. The lowest BCUT2D eigenvalue weighted by atomic mass is 9.94. The first-order valence-electron chi connectivity index (χ1n) is 9.69. The van der Waals surface area contributed by atoms with Crippen LogP contribution in [-0.2, 0) is 6.54 Å². The summed E-state index contributed by atoms with van der Waals surface area (Å²) in [4.78, 5) is 16.8. The third-order valence-electron chi connectivity index (χ3n) is 5.55. The summed E-state index contributed by atoms with van der Waals surface area (Å²) in [6.07, 6.45) is 5.42. The molecule has 2 heterocycles. The number of anilines is 1. The van der Waals surface area contributed by atoms with Crippen molar-refractivity contribution in [1.29, 1.82) is 0 Å². The smallest absolute Gasteiger partial charge is 0.317 e. The number of rotatable bonds is 4. The summed E-state index contributed by atoms with van der Waals surface area (Å²) in [5.74, 6) is 0.195. The molecule has 1 aromatic rings. The highest BCUT2D eigenvalue weighted by atomic mass is 16.3. The molecule has 2 aliphatic heterocycles. The molecule has 1 aromatic carbocycles. The van der Waals surface area contributed by atoms with E-state index in [1.54, 1.807) is 0 Å². The third-order valence-corrected chi connectivity index (χ3v) is 5.55. The number of nitrogens with one attached hydrogen (secondary N) is 1. The molecule has 0 radical (unpaired) electrons. The van der Waals surface area contributed by atoms with E-state index in [0.29, 0.717) is 13.1 Å². The Morgan fingerprint density at radius 2 is 1.96 bits per heavy atom. The first-order valence-corrected chi connectivity index (χ1v) is 9.69. The van der Waals surface area contributed by atoms with Gasteiger partial charge in [-0.15, -0.1) is 0 Å². The van der Waals surface area contributed by atoms with Crippen molar-refractivity contribution in [2.45, 2.75) is 51.7 Å². The van der Waals surface area contributed by atoms with Gasteiger partial charge in [-0.3, -0.25) is 0 Å². The predicted molar refractivity (Wildman–Crippen MR) is 101 cm³/mol. The van der Waals surface area contributed by atoms with Crippen molar-refractivity contribution >= 4 is 11.7 Å². The van der Waals surface area contributed by atoms with Gasteiger partial charge in [-0.05, 0) is 50.7 Å². The van der Waals surface area contributed by atoms with Crippen LogP contribution in [0.4, 0.5) is 10.5 Å². The largest absolute Gasteiger partial charge is 0.393 e. The minimum Gasteiger partial charge on any atom is -0.393 e. The zero-order chi connectivity index (χ0) is 17.6. The highest BCUT2D eigenvalue weighted by Gasteiger charge is 2.26. The summed E-state index contributed by atoms with van der Waals surface area (Å²) in [6.45, 7) is 6.02. The maximum absolute atomic E-state index is 12.5. The average Bonchev–Trinajstić information content (AvgIpc) is 2.67. The standard InChI is InChI=1S/C20H31N3O2/c1-16(24)18-9-7-13-23(15-18)20(25)21-14-17-8-3-4-10-19(17)22-11-5-2-6-12-22/h3-4,8,10,16,18,24H,2,5-7,9,11-15H2,1H3,(H,21,25). The zero-order valence-corrected chi connectivity index (χ0v) is 15.3. The van der Waals surface area contributed by atoms with Crippen LogP contribution < -0.4 is 10.2 Å². The topological polar surface area (TPSA) is 55.8 Å². The van der Waals surface area contributed by atoms with Crippen LogP contribution >= 0.6 is 0 Å². The summed E-state index contributed by atoms with van der Waals surface area (Å²) in [5, 5.41) is 12.9. The number of likely N-dealkylation sites (tertiary alicyclic amines) is 1. The van der Waals surface area contributed by atoms with E-state index < -0.39 is 0 Å².